The van der Waals surface area contributed by atoms with E-state index in [4.69, 9.17) is 10.8 Å². The number of nitrogens with one attached hydrogen (secondary N) is 1. The Kier molecular flexibility index (Phi) is 4.35. The van der Waals surface area contributed by atoms with Gasteiger partial charge in [0, 0.05) is 24.4 Å². The molecule has 0 saturated carbocycles. The largest absolute Gasteiger partial charge is 0.396 e. The molecule has 1 rings (SSSR count). The van der Waals surface area contributed by atoms with E-state index >= 15 is 0 Å². The molecule has 1 fully saturated rings. The minimum Gasteiger partial charge on any atom is -0.396 e. The monoisotopic (exact) mass is 190 g/mol. The quantitative estimate of drug-likeness (QED) is 0.525. The van der Waals surface area contributed by atoms with Crippen LogP contribution in [0.25, 0.3) is 0 Å². The van der Waals surface area contributed by atoms with Crippen molar-refractivity contribution < 1.29 is 5.11 Å². The summed E-state index contributed by atoms with van der Waals surface area (Å²) in [6.45, 7) is 1.86. The molecule has 1 aliphatic rings. The number of rotatable bonds is 5. The smallest absolute Gasteiger partial charge is 0.0443 e. The molecule has 0 bridgehead atoms. The normalized spacial score (nSPS) is 29.5. The van der Waals surface area contributed by atoms with Gasteiger partial charge >= 0.3 is 0 Å². The van der Waals surface area contributed by atoms with Crippen molar-refractivity contribution >= 4 is 11.8 Å². The molecule has 0 spiro atoms. The Labute approximate surface area is 78.1 Å². The van der Waals surface area contributed by atoms with Crippen molar-refractivity contribution in [3.05, 3.63) is 0 Å². The SMILES string of the molecule is NCC1(NCCCO)CCSC1. The molecule has 0 aromatic carbocycles. The third-order valence-corrected chi connectivity index (χ3v) is 3.58. The van der Waals surface area contributed by atoms with Crippen molar-refractivity contribution in [2.24, 2.45) is 5.73 Å². The van der Waals surface area contributed by atoms with E-state index in [0.717, 1.165) is 18.7 Å². The Morgan fingerprint density at radius 3 is 2.92 bits per heavy atom. The number of aliphatic hydroxyl groups excluding tert-OH is 1. The molecule has 4 N–H and O–H groups in total. The summed E-state index contributed by atoms with van der Waals surface area (Å²) in [5, 5.41) is 12.1. The van der Waals surface area contributed by atoms with Crippen LogP contribution in [0.1, 0.15) is 12.8 Å². The van der Waals surface area contributed by atoms with Gasteiger partial charge in [-0.15, -0.1) is 0 Å². The first-order chi connectivity index (χ1) is 5.83. The molecule has 1 aliphatic heterocycles. The first-order valence-corrected chi connectivity index (χ1v) is 5.62. The minimum atomic E-state index is 0.167. The van der Waals surface area contributed by atoms with Gasteiger partial charge in [-0.1, -0.05) is 0 Å². The molecule has 3 nitrogen and oxygen atoms in total. The van der Waals surface area contributed by atoms with Crippen LogP contribution in [0.15, 0.2) is 0 Å². The van der Waals surface area contributed by atoms with E-state index in [1.165, 1.54) is 12.2 Å². The van der Waals surface area contributed by atoms with Gasteiger partial charge in [-0.2, -0.15) is 11.8 Å². The highest BCUT2D eigenvalue weighted by Gasteiger charge is 2.31. The molecule has 1 saturated heterocycles. The van der Waals surface area contributed by atoms with Crippen molar-refractivity contribution in [3.63, 3.8) is 0 Å². The number of hydrogen-bond acceptors (Lipinski definition) is 4. The van der Waals surface area contributed by atoms with Gasteiger partial charge in [0.05, 0.1) is 0 Å². The van der Waals surface area contributed by atoms with Gasteiger partial charge < -0.3 is 16.2 Å². The molecule has 0 aromatic heterocycles. The van der Waals surface area contributed by atoms with Gasteiger partial charge in [0.2, 0.25) is 0 Å². The highest BCUT2D eigenvalue weighted by molar-refractivity contribution is 7.99. The van der Waals surface area contributed by atoms with Crippen LogP contribution < -0.4 is 11.1 Å². The summed E-state index contributed by atoms with van der Waals surface area (Å²) in [6.07, 6.45) is 1.99. The van der Waals surface area contributed by atoms with Crippen LogP contribution in [0.5, 0.6) is 0 Å². The first-order valence-electron chi connectivity index (χ1n) is 4.47. The standard InChI is InChI=1S/C8H18N2OS/c9-6-8(2-5-12-7-8)10-3-1-4-11/h10-11H,1-7,9H2. The van der Waals surface area contributed by atoms with Gasteiger partial charge in [-0.25, -0.2) is 0 Å². The Morgan fingerprint density at radius 1 is 1.58 bits per heavy atom. The molecule has 0 radical (unpaired) electrons. The van der Waals surface area contributed by atoms with E-state index in [-0.39, 0.29) is 12.1 Å². The Morgan fingerprint density at radius 2 is 2.42 bits per heavy atom. The molecule has 0 aliphatic carbocycles. The van der Waals surface area contributed by atoms with Crippen LogP contribution in [0, 0.1) is 0 Å². The summed E-state index contributed by atoms with van der Waals surface area (Å²) in [5.41, 5.74) is 5.88. The van der Waals surface area contributed by atoms with Crippen LogP contribution in [0.4, 0.5) is 0 Å². The Balaban J connectivity index is 2.24. The average Bonchev–Trinajstić information content (AvgIpc) is 2.55. The minimum absolute atomic E-state index is 0.167. The summed E-state index contributed by atoms with van der Waals surface area (Å²) >= 11 is 1.96. The summed E-state index contributed by atoms with van der Waals surface area (Å²) in [7, 11) is 0. The van der Waals surface area contributed by atoms with E-state index in [1.807, 2.05) is 11.8 Å². The lowest BCUT2D eigenvalue weighted by atomic mass is 9.99. The zero-order valence-corrected chi connectivity index (χ0v) is 8.20. The van der Waals surface area contributed by atoms with Gasteiger partial charge in [0.15, 0.2) is 0 Å². The summed E-state index contributed by atoms with van der Waals surface area (Å²) in [5.74, 6) is 2.33. The summed E-state index contributed by atoms with van der Waals surface area (Å²) in [6, 6.07) is 0. The number of hydrogen-bond donors (Lipinski definition) is 3. The third kappa shape index (κ3) is 2.62. The lowest BCUT2D eigenvalue weighted by Crippen LogP contribution is -2.51. The van der Waals surface area contributed by atoms with Crippen molar-refractivity contribution in [2.75, 3.05) is 31.2 Å². The Hall–Kier alpha value is 0.230. The van der Waals surface area contributed by atoms with E-state index in [0.29, 0.717) is 6.54 Å². The molecule has 72 valence electrons. The lowest BCUT2D eigenvalue weighted by molar-refractivity contribution is 0.273. The fraction of sp³-hybridized carbons (Fsp3) is 1.00. The fourth-order valence-electron chi connectivity index (χ4n) is 1.41. The van der Waals surface area contributed by atoms with Crippen molar-refractivity contribution in [2.45, 2.75) is 18.4 Å². The predicted molar refractivity (Wildman–Crippen MR) is 53.4 cm³/mol. The number of aliphatic hydroxyl groups is 1. The molecule has 0 amide bonds. The van der Waals surface area contributed by atoms with Gasteiger partial charge in [-0.05, 0) is 25.1 Å². The average molecular weight is 190 g/mol. The highest BCUT2D eigenvalue weighted by atomic mass is 32.2. The van der Waals surface area contributed by atoms with Gasteiger partial charge in [-0.3, -0.25) is 0 Å². The predicted octanol–water partition coefficient (Wildman–Crippen LogP) is -0.207. The zero-order chi connectivity index (χ0) is 8.86. The van der Waals surface area contributed by atoms with Crippen LogP contribution in [0.3, 0.4) is 0 Å². The second-order valence-corrected chi connectivity index (χ2v) is 4.40. The highest BCUT2D eigenvalue weighted by Crippen LogP contribution is 2.26. The van der Waals surface area contributed by atoms with Crippen molar-refractivity contribution in [3.8, 4) is 0 Å². The van der Waals surface area contributed by atoms with Crippen LogP contribution >= 0.6 is 11.8 Å². The maximum atomic E-state index is 8.62. The molecule has 1 heterocycles. The maximum Gasteiger partial charge on any atom is 0.0443 e. The fourth-order valence-corrected chi connectivity index (χ4v) is 2.85. The number of nitrogens with two attached hydrogens (primary N) is 1. The van der Waals surface area contributed by atoms with Crippen molar-refractivity contribution in [1.82, 2.24) is 5.32 Å². The molecule has 1 atom stereocenters. The summed E-state index contributed by atoms with van der Waals surface area (Å²) < 4.78 is 0. The molecule has 1 unspecified atom stereocenters. The van der Waals surface area contributed by atoms with E-state index in [1.54, 1.807) is 0 Å². The molecule has 0 aromatic rings. The molecule has 12 heavy (non-hydrogen) atoms. The van der Waals surface area contributed by atoms with Crippen LogP contribution in [-0.4, -0.2) is 41.8 Å². The lowest BCUT2D eigenvalue weighted by Gasteiger charge is -2.27. The Bertz CT molecular complexity index is 126. The molecular weight excluding hydrogens is 172 g/mol. The van der Waals surface area contributed by atoms with Crippen molar-refractivity contribution in [1.29, 1.82) is 0 Å². The first kappa shape index (κ1) is 10.3. The maximum absolute atomic E-state index is 8.62. The topological polar surface area (TPSA) is 58.3 Å². The van der Waals surface area contributed by atoms with E-state index < -0.39 is 0 Å². The van der Waals surface area contributed by atoms with Gasteiger partial charge in [0.25, 0.3) is 0 Å². The van der Waals surface area contributed by atoms with Gasteiger partial charge in [0.1, 0.15) is 0 Å². The molecule has 4 heteroatoms. The van der Waals surface area contributed by atoms with E-state index in [9.17, 15) is 0 Å². The van der Waals surface area contributed by atoms with Crippen LogP contribution in [-0.2, 0) is 0 Å². The van der Waals surface area contributed by atoms with Crippen LogP contribution in [0.2, 0.25) is 0 Å². The third-order valence-electron chi connectivity index (χ3n) is 2.33. The second-order valence-electron chi connectivity index (χ2n) is 3.29. The molecular formula is C8H18N2OS. The number of thioether (sulfide) groups is 1. The summed E-state index contributed by atoms with van der Waals surface area (Å²) in [4.78, 5) is 0. The van der Waals surface area contributed by atoms with E-state index in [2.05, 4.69) is 5.32 Å². The second kappa shape index (κ2) is 5.07. The zero-order valence-electron chi connectivity index (χ0n) is 7.38.